The van der Waals surface area contributed by atoms with Crippen molar-refractivity contribution in [1.82, 2.24) is 0 Å². The third-order valence-corrected chi connectivity index (χ3v) is 5.30. The first-order valence-corrected chi connectivity index (χ1v) is 9.72. The van der Waals surface area contributed by atoms with Crippen LogP contribution in [0.1, 0.15) is 29.7 Å². The summed E-state index contributed by atoms with van der Waals surface area (Å²) in [5, 5.41) is 10.9. The Morgan fingerprint density at radius 2 is 1.57 bits per heavy atom. The molecule has 1 atom stereocenters. The third kappa shape index (κ3) is 3.39. The lowest BCUT2D eigenvalue weighted by molar-refractivity contribution is -0.132. The summed E-state index contributed by atoms with van der Waals surface area (Å²) in [5.41, 5.74) is 2.63. The van der Waals surface area contributed by atoms with Crippen LogP contribution in [0.25, 0.3) is 5.76 Å². The number of halogens is 1. The quantitative estimate of drug-likeness (QED) is 0.380. The number of Topliss-reactive ketones (excluding diaryl/α,β-unsaturated/α-hetero) is 1. The summed E-state index contributed by atoms with van der Waals surface area (Å²) in [6.07, 6.45) is 0.853. The van der Waals surface area contributed by atoms with Crippen LogP contribution in [0.3, 0.4) is 0 Å². The van der Waals surface area contributed by atoms with Gasteiger partial charge in [0.25, 0.3) is 11.7 Å². The van der Waals surface area contributed by atoms with Crippen LogP contribution in [0.4, 0.5) is 10.1 Å². The number of aryl methyl sites for hydroxylation is 1. The van der Waals surface area contributed by atoms with Gasteiger partial charge in [-0.25, -0.2) is 4.39 Å². The van der Waals surface area contributed by atoms with Crippen molar-refractivity contribution >= 4 is 23.1 Å². The van der Waals surface area contributed by atoms with Crippen LogP contribution < -0.4 is 4.90 Å². The Hall–Kier alpha value is -3.73. The summed E-state index contributed by atoms with van der Waals surface area (Å²) < 4.78 is 13.3. The lowest BCUT2D eigenvalue weighted by atomic mass is 9.95. The van der Waals surface area contributed by atoms with E-state index in [2.05, 4.69) is 0 Å². The predicted molar refractivity (Wildman–Crippen MR) is 113 cm³/mol. The Bertz CT molecular complexity index is 1120. The number of aliphatic hydroxyl groups is 1. The minimum atomic E-state index is -0.788. The largest absolute Gasteiger partial charge is 0.507 e. The van der Waals surface area contributed by atoms with E-state index in [-0.39, 0.29) is 16.9 Å². The summed E-state index contributed by atoms with van der Waals surface area (Å²) in [7, 11) is 0. The number of carbonyl (C=O) groups excluding carboxylic acids is 2. The molecule has 1 fully saturated rings. The zero-order chi connectivity index (χ0) is 21.3. The first-order valence-electron chi connectivity index (χ1n) is 9.72. The zero-order valence-electron chi connectivity index (χ0n) is 16.4. The molecule has 0 aromatic heterocycles. The number of carbonyl (C=O) groups is 2. The molecule has 1 saturated heterocycles. The number of ketones is 1. The first kappa shape index (κ1) is 19.6. The van der Waals surface area contributed by atoms with Gasteiger partial charge in [0, 0.05) is 11.3 Å². The maximum absolute atomic E-state index is 13.3. The Balaban J connectivity index is 1.90. The van der Waals surface area contributed by atoms with Crippen LogP contribution >= 0.6 is 0 Å². The van der Waals surface area contributed by atoms with Gasteiger partial charge in [0.05, 0.1) is 11.6 Å². The molecule has 0 radical (unpaired) electrons. The van der Waals surface area contributed by atoms with Gasteiger partial charge in [-0.15, -0.1) is 0 Å². The fourth-order valence-electron chi connectivity index (χ4n) is 3.71. The van der Waals surface area contributed by atoms with Crippen molar-refractivity contribution in [2.75, 3.05) is 4.90 Å². The number of benzene rings is 3. The monoisotopic (exact) mass is 401 g/mol. The van der Waals surface area contributed by atoms with E-state index >= 15 is 0 Å². The van der Waals surface area contributed by atoms with Gasteiger partial charge < -0.3 is 5.11 Å². The van der Waals surface area contributed by atoms with E-state index in [9.17, 15) is 19.1 Å². The predicted octanol–water partition coefficient (Wildman–Crippen LogP) is 5.01. The lowest BCUT2D eigenvalue weighted by Crippen LogP contribution is -2.29. The average Bonchev–Trinajstić information content (AvgIpc) is 3.05. The van der Waals surface area contributed by atoms with Gasteiger partial charge >= 0.3 is 0 Å². The van der Waals surface area contributed by atoms with Crippen LogP contribution in [0.15, 0.2) is 84.4 Å². The van der Waals surface area contributed by atoms with E-state index in [4.69, 9.17) is 0 Å². The molecule has 4 rings (SSSR count). The zero-order valence-corrected chi connectivity index (χ0v) is 16.4. The van der Waals surface area contributed by atoms with Crippen molar-refractivity contribution in [3.8, 4) is 0 Å². The van der Waals surface area contributed by atoms with Crippen molar-refractivity contribution < 1.29 is 19.1 Å². The number of aliphatic hydroxyl groups excluding tert-OH is 1. The summed E-state index contributed by atoms with van der Waals surface area (Å²) in [5.74, 6) is -2.26. The van der Waals surface area contributed by atoms with Crippen molar-refractivity contribution in [3.63, 3.8) is 0 Å². The lowest BCUT2D eigenvalue weighted by Gasteiger charge is -2.25. The van der Waals surface area contributed by atoms with E-state index in [0.29, 0.717) is 11.3 Å². The number of hydrogen-bond donors (Lipinski definition) is 1. The van der Waals surface area contributed by atoms with Crippen molar-refractivity contribution in [3.05, 3.63) is 107 Å². The van der Waals surface area contributed by atoms with E-state index < -0.39 is 23.5 Å². The van der Waals surface area contributed by atoms with Crippen LogP contribution in [-0.4, -0.2) is 16.8 Å². The second-order valence-corrected chi connectivity index (χ2v) is 7.11. The van der Waals surface area contributed by atoms with Crippen molar-refractivity contribution in [1.29, 1.82) is 0 Å². The number of nitrogens with zero attached hydrogens (tertiary/aromatic N) is 1. The van der Waals surface area contributed by atoms with E-state index in [1.807, 2.05) is 49.4 Å². The van der Waals surface area contributed by atoms with Gasteiger partial charge in [0.1, 0.15) is 11.6 Å². The standard InChI is InChI=1S/C25H20FNO3/c1-2-16-8-14-20(15-9-16)27-22(17-6-4-3-5-7-17)21(24(29)25(27)30)23(28)18-10-12-19(26)13-11-18/h3-15,22,28H,2H2,1H3/b23-21+. The highest BCUT2D eigenvalue weighted by Gasteiger charge is 2.46. The number of rotatable bonds is 4. The molecule has 1 aliphatic rings. The van der Waals surface area contributed by atoms with Gasteiger partial charge in [-0.05, 0) is 53.9 Å². The minimum absolute atomic E-state index is 0.0163. The molecule has 5 heteroatoms. The highest BCUT2D eigenvalue weighted by Crippen LogP contribution is 2.42. The second-order valence-electron chi connectivity index (χ2n) is 7.11. The molecule has 150 valence electrons. The van der Waals surface area contributed by atoms with Gasteiger partial charge in [0.2, 0.25) is 0 Å². The molecule has 3 aromatic carbocycles. The third-order valence-electron chi connectivity index (χ3n) is 5.30. The van der Waals surface area contributed by atoms with Crippen molar-refractivity contribution in [2.24, 2.45) is 0 Å². The molecule has 0 bridgehead atoms. The Morgan fingerprint density at radius 1 is 0.933 bits per heavy atom. The molecule has 0 aliphatic carbocycles. The molecule has 0 saturated carbocycles. The molecule has 1 N–H and O–H groups in total. The Kier molecular flexibility index (Phi) is 5.19. The van der Waals surface area contributed by atoms with E-state index in [1.165, 1.54) is 29.2 Å². The summed E-state index contributed by atoms with van der Waals surface area (Å²) in [6, 6.07) is 20.9. The fraction of sp³-hybridized carbons (Fsp3) is 0.120. The maximum Gasteiger partial charge on any atom is 0.300 e. The van der Waals surface area contributed by atoms with Gasteiger partial charge in [0.15, 0.2) is 0 Å². The molecule has 1 aliphatic heterocycles. The SMILES string of the molecule is CCc1ccc(N2C(=O)C(=O)/C(=C(/O)c3ccc(F)cc3)C2c2ccccc2)cc1. The number of anilines is 1. The highest BCUT2D eigenvalue weighted by molar-refractivity contribution is 6.51. The molecule has 0 spiro atoms. The van der Waals surface area contributed by atoms with Crippen LogP contribution in [0.5, 0.6) is 0 Å². The average molecular weight is 401 g/mol. The van der Waals surface area contributed by atoms with Crippen LogP contribution in [0, 0.1) is 5.82 Å². The highest BCUT2D eigenvalue weighted by atomic mass is 19.1. The maximum atomic E-state index is 13.3. The van der Waals surface area contributed by atoms with E-state index in [1.54, 1.807) is 12.1 Å². The van der Waals surface area contributed by atoms with Crippen molar-refractivity contribution in [2.45, 2.75) is 19.4 Å². The second kappa shape index (κ2) is 7.95. The fourth-order valence-corrected chi connectivity index (χ4v) is 3.71. The normalized spacial score (nSPS) is 18.1. The smallest absolute Gasteiger partial charge is 0.300 e. The number of amides is 1. The van der Waals surface area contributed by atoms with Gasteiger partial charge in [-0.3, -0.25) is 14.5 Å². The number of hydrogen-bond acceptors (Lipinski definition) is 3. The molecule has 1 heterocycles. The Labute approximate surface area is 173 Å². The van der Waals surface area contributed by atoms with Gasteiger partial charge in [-0.1, -0.05) is 49.4 Å². The molecule has 1 amide bonds. The first-order chi connectivity index (χ1) is 14.5. The summed E-state index contributed by atoms with van der Waals surface area (Å²) in [6.45, 7) is 2.04. The summed E-state index contributed by atoms with van der Waals surface area (Å²) in [4.78, 5) is 27.4. The Morgan fingerprint density at radius 3 is 2.17 bits per heavy atom. The molecule has 1 unspecified atom stereocenters. The van der Waals surface area contributed by atoms with Crippen LogP contribution in [0.2, 0.25) is 0 Å². The topological polar surface area (TPSA) is 57.6 Å². The molecule has 4 nitrogen and oxygen atoms in total. The minimum Gasteiger partial charge on any atom is -0.507 e. The molecule has 30 heavy (non-hydrogen) atoms. The molecule has 3 aromatic rings. The molecular weight excluding hydrogens is 381 g/mol. The molecular formula is C25H20FNO3. The van der Waals surface area contributed by atoms with E-state index in [0.717, 1.165) is 12.0 Å². The summed E-state index contributed by atoms with van der Waals surface area (Å²) >= 11 is 0. The van der Waals surface area contributed by atoms with Crippen LogP contribution in [-0.2, 0) is 16.0 Å². The van der Waals surface area contributed by atoms with Gasteiger partial charge in [-0.2, -0.15) is 0 Å².